The van der Waals surface area contributed by atoms with E-state index in [0.29, 0.717) is 17.2 Å². The molecule has 6 nitrogen and oxygen atoms in total. The van der Waals surface area contributed by atoms with Crippen molar-refractivity contribution in [1.82, 2.24) is 10.4 Å². The molecule has 0 bridgehead atoms. The van der Waals surface area contributed by atoms with Crippen LogP contribution in [-0.4, -0.2) is 30.8 Å². The maximum atomic E-state index is 12.6. The number of para-hydroxylation sites is 1. The number of carbonyl (C=O) groups excluding carboxylic acids is 1. The lowest BCUT2D eigenvalue weighted by molar-refractivity contribution is 0.0958. The van der Waals surface area contributed by atoms with Gasteiger partial charge in [-0.25, -0.2) is 10.4 Å². The fourth-order valence-electron chi connectivity index (χ4n) is 2.61. The summed E-state index contributed by atoms with van der Waals surface area (Å²) >= 11 is 1.33. The van der Waals surface area contributed by atoms with E-state index in [1.807, 2.05) is 55.5 Å². The number of rotatable bonds is 8. The van der Waals surface area contributed by atoms with Crippen molar-refractivity contribution in [2.24, 2.45) is 5.10 Å². The van der Waals surface area contributed by atoms with Gasteiger partial charge >= 0.3 is 0 Å². The molecule has 0 radical (unpaired) electrons. The molecule has 0 spiro atoms. The van der Waals surface area contributed by atoms with E-state index in [9.17, 15) is 4.79 Å². The number of hydrogen-bond acceptors (Lipinski definition) is 6. The second kappa shape index (κ2) is 9.84. The van der Waals surface area contributed by atoms with Crippen molar-refractivity contribution in [3.63, 3.8) is 0 Å². The van der Waals surface area contributed by atoms with Gasteiger partial charge in [0.25, 0.3) is 5.91 Å². The van der Waals surface area contributed by atoms with Crippen LogP contribution in [0, 0.1) is 6.92 Å². The molecule has 0 fully saturated rings. The highest BCUT2D eigenvalue weighted by Crippen LogP contribution is 2.34. The van der Waals surface area contributed by atoms with E-state index in [2.05, 4.69) is 22.4 Å². The zero-order valence-corrected chi connectivity index (χ0v) is 17.5. The largest absolute Gasteiger partial charge is 0.497 e. The maximum absolute atomic E-state index is 12.6. The molecule has 7 heteroatoms. The summed E-state index contributed by atoms with van der Waals surface area (Å²) in [7, 11) is 1.61. The van der Waals surface area contributed by atoms with E-state index in [4.69, 9.17) is 9.47 Å². The second-order valence-corrected chi connectivity index (χ2v) is 7.25. The summed E-state index contributed by atoms with van der Waals surface area (Å²) in [6.07, 6.45) is 2.51. The number of aryl methyl sites for hydroxylation is 1. The van der Waals surface area contributed by atoms with Crippen LogP contribution in [-0.2, 0) is 0 Å². The summed E-state index contributed by atoms with van der Waals surface area (Å²) in [6, 6.07) is 15.1. The van der Waals surface area contributed by atoms with Crippen molar-refractivity contribution in [1.29, 1.82) is 0 Å². The summed E-state index contributed by atoms with van der Waals surface area (Å²) in [6.45, 7) is 4.51. The average Bonchev–Trinajstić information content (AvgIpc) is 3.14. The van der Waals surface area contributed by atoms with E-state index in [1.165, 1.54) is 11.3 Å². The van der Waals surface area contributed by atoms with Crippen LogP contribution >= 0.6 is 11.3 Å². The van der Waals surface area contributed by atoms with E-state index in [0.717, 1.165) is 34.1 Å². The molecule has 0 atom stereocenters. The topological polar surface area (TPSA) is 72.8 Å². The normalized spacial score (nSPS) is 10.9. The van der Waals surface area contributed by atoms with Gasteiger partial charge in [-0.1, -0.05) is 19.1 Å². The molecule has 0 aliphatic carbocycles. The Balaban J connectivity index is 1.72. The Bertz CT molecular complexity index is 997. The van der Waals surface area contributed by atoms with Gasteiger partial charge < -0.3 is 9.47 Å². The number of nitrogens with zero attached hydrogens (tertiary/aromatic N) is 2. The molecule has 2 aromatic carbocycles. The van der Waals surface area contributed by atoms with E-state index in [-0.39, 0.29) is 5.91 Å². The van der Waals surface area contributed by atoms with Gasteiger partial charge in [0.2, 0.25) is 0 Å². The summed E-state index contributed by atoms with van der Waals surface area (Å²) in [5.41, 5.74) is 4.97. The molecule has 29 heavy (non-hydrogen) atoms. The van der Waals surface area contributed by atoms with Gasteiger partial charge in [-0.05, 0) is 55.3 Å². The molecule has 0 aliphatic rings. The Kier molecular flexibility index (Phi) is 6.97. The maximum Gasteiger partial charge on any atom is 0.283 e. The zero-order chi connectivity index (χ0) is 20.6. The Morgan fingerprint density at radius 3 is 2.69 bits per heavy atom. The first-order chi connectivity index (χ1) is 14.1. The highest BCUT2D eigenvalue weighted by Gasteiger charge is 2.18. The second-order valence-electron chi connectivity index (χ2n) is 6.25. The predicted octanol–water partition coefficient (Wildman–Crippen LogP) is 4.68. The van der Waals surface area contributed by atoms with Crippen LogP contribution in [0.2, 0.25) is 0 Å². The van der Waals surface area contributed by atoms with E-state index in [1.54, 1.807) is 13.3 Å². The third-order valence-corrected chi connectivity index (χ3v) is 5.27. The number of nitrogens with one attached hydrogen (secondary N) is 1. The number of hydrogen-bond donors (Lipinski definition) is 1. The Morgan fingerprint density at radius 1 is 1.21 bits per heavy atom. The molecule has 150 valence electrons. The van der Waals surface area contributed by atoms with Crippen molar-refractivity contribution in [2.45, 2.75) is 20.3 Å². The molecule has 0 aliphatic heterocycles. The van der Waals surface area contributed by atoms with E-state index < -0.39 is 0 Å². The smallest absolute Gasteiger partial charge is 0.283 e. The molecule has 1 N–H and O–H groups in total. The summed E-state index contributed by atoms with van der Waals surface area (Å²) in [5.74, 6) is 1.25. The first-order valence-electron chi connectivity index (χ1n) is 9.29. The average molecular weight is 410 g/mol. The third-order valence-electron chi connectivity index (χ3n) is 4.08. The molecule has 3 rings (SSSR count). The van der Waals surface area contributed by atoms with Crippen LogP contribution in [0.1, 0.15) is 34.3 Å². The van der Waals surface area contributed by atoms with Gasteiger partial charge in [0, 0.05) is 0 Å². The molecule has 3 aromatic rings. The first-order valence-corrected chi connectivity index (χ1v) is 10.1. The monoisotopic (exact) mass is 409 g/mol. The molecular weight excluding hydrogens is 386 g/mol. The number of benzene rings is 2. The molecule has 1 heterocycles. The SMILES string of the molecule is CCCOc1ccccc1-c1nc(C)c(C(=O)N/N=C/c2ccc(OC)cc2)s1. The minimum Gasteiger partial charge on any atom is -0.497 e. The third kappa shape index (κ3) is 5.20. The number of amides is 1. The summed E-state index contributed by atoms with van der Waals surface area (Å²) in [4.78, 5) is 17.6. The lowest BCUT2D eigenvalue weighted by atomic mass is 10.2. The number of ether oxygens (including phenoxy) is 2. The fraction of sp³-hybridized carbons (Fsp3) is 0.227. The van der Waals surface area contributed by atoms with Crippen LogP contribution in [0.5, 0.6) is 11.5 Å². The van der Waals surface area contributed by atoms with Crippen LogP contribution in [0.15, 0.2) is 53.6 Å². The Labute approximate surface area is 174 Å². The molecule has 1 aromatic heterocycles. The first kappa shape index (κ1) is 20.5. The van der Waals surface area contributed by atoms with Gasteiger partial charge in [-0.15, -0.1) is 11.3 Å². The number of aromatic nitrogens is 1. The highest BCUT2D eigenvalue weighted by molar-refractivity contribution is 7.17. The number of carbonyl (C=O) groups is 1. The lowest BCUT2D eigenvalue weighted by Gasteiger charge is -2.08. The van der Waals surface area contributed by atoms with Crippen molar-refractivity contribution in [3.8, 4) is 22.1 Å². The van der Waals surface area contributed by atoms with Gasteiger partial charge in [0.05, 0.1) is 31.2 Å². The van der Waals surface area contributed by atoms with Crippen molar-refractivity contribution in [3.05, 3.63) is 64.7 Å². The minimum atomic E-state index is -0.289. The van der Waals surface area contributed by atoms with Crippen LogP contribution in [0.4, 0.5) is 0 Å². The van der Waals surface area contributed by atoms with Crippen molar-refractivity contribution < 1.29 is 14.3 Å². The standard InChI is InChI=1S/C22H23N3O3S/c1-4-13-28-19-8-6-5-7-18(19)22-24-15(2)20(29-22)21(26)25-23-14-16-9-11-17(27-3)12-10-16/h5-12,14H,4,13H2,1-3H3,(H,25,26)/b23-14+. The van der Waals surface area contributed by atoms with Crippen LogP contribution in [0.25, 0.3) is 10.6 Å². The van der Waals surface area contributed by atoms with Gasteiger partial charge in [-0.2, -0.15) is 5.10 Å². The number of methoxy groups -OCH3 is 1. The van der Waals surface area contributed by atoms with Gasteiger partial charge in [0.1, 0.15) is 21.4 Å². The van der Waals surface area contributed by atoms with Crippen LogP contribution in [0.3, 0.4) is 0 Å². The summed E-state index contributed by atoms with van der Waals surface area (Å²) in [5, 5.41) is 4.79. The number of hydrazone groups is 1. The molecular formula is C22H23N3O3S. The Hall–Kier alpha value is -3.19. The predicted molar refractivity (Wildman–Crippen MR) is 116 cm³/mol. The van der Waals surface area contributed by atoms with Crippen LogP contribution < -0.4 is 14.9 Å². The molecule has 1 amide bonds. The van der Waals surface area contributed by atoms with Gasteiger partial charge in [0.15, 0.2) is 0 Å². The number of thiazole rings is 1. The summed E-state index contributed by atoms with van der Waals surface area (Å²) < 4.78 is 10.9. The fourth-order valence-corrected chi connectivity index (χ4v) is 3.60. The molecule has 0 saturated carbocycles. The highest BCUT2D eigenvalue weighted by atomic mass is 32.1. The van der Waals surface area contributed by atoms with Crippen molar-refractivity contribution in [2.75, 3.05) is 13.7 Å². The molecule has 0 saturated heterocycles. The minimum absolute atomic E-state index is 0.289. The molecule has 0 unspecified atom stereocenters. The zero-order valence-electron chi connectivity index (χ0n) is 16.6. The van der Waals surface area contributed by atoms with Gasteiger partial charge in [-0.3, -0.25) is 4.79 Å². The lowest BCUT2D eigenvalue weighted by Crippen LogP contribution is -2.17. The van der Waals surface area contributed by atoms with Crippen molar-refractivity contribution >= 4 is 23.5 Å². The quantitative estimate of drug-likeness (QED) is 0.433. The Morgan fingerprint density at radius 2 is 1.97 bits per heavy atom. The van der Waals surface area contributed by atoms with E-state index >= 15 is 0 Å².